The van der Waals surface area contributed by atoms with Gasteiger partial charge in [-0.3, -0.25) is 14.6 Å². The summed E-state index contributed by atoms with van der Waals surface area (Å²) in [6, 6.07) is 28.9. The number of carboxylic acids is 1. The number of allylic oxidation sites excluding steroid dienone is 1. The quantitative estimate of drug-likeness (QED) is 0.0626. The van der Waals surface area contributed by atoms with Crippen LogP contribution in [0.2, 0.25) is 5.02 Å². The Labute approximate surface area is 480 Å². The number of aromatic carboxylic acids is 1. The third-order valence-electron chi connectivity index (χ3n) is 15.4. The molecule has 4 aromatic carbocycles. The zero-order chi connectivity index (χ0) is 57.4. The molecular weight excluding hydrogens is 1130 g/mol. The van der Waals surface area contributed by atoms with Crippen molar-refractivity contribution in [2.45, 2.75) is 65.3 Å². The number of thioether (sulfide) groups is 1. The fourth-order valence-corrected chi connectivity index (χ4v) is 14.1. The summed E-state index contributed by atoms with van der Waals surface area (Å²) in [7, 11) is -11.0. The number of carboxylic acid groups (broad SMARTS) is 1. The zero-order valence-corrected chi connectivity index (χ0v) is 48.2. The van der Waals surface area contributed by atoms with Crippen molar-refractivity contribution >= 4 is 77.9 Å². The molecule has 1 unspecified atom stereocenters. The number of sulfone groups is 1. The third kappa shape index (κ3) is 15.5. The zero-order valence-electron chi connectivity index (χ0n) is 45.0. The van der Waals surface area contributed by atoms with Crippen LogP contribution in [0.25, 0.3) is 5.57 Å². The van der Waals surface area contributed by atoms with Crippen molar-refractivity contribution in [3.05, 3.63) is 137 Å². The van der Waals surface area contributed by atoms with E-state index in [1.165, 1.54) is 46.7 Å². The number of hydrogen-bond donors (Lipinski definition) is 3. The Hall–Kier alpha value is -5.79. The summed E-state index contributed by atoms with van der Waals surface area (Å²) in [5.41, 5.74) is -1.53. The fraction of sp³-hybridized carbons (Fsp3) is 0.439. The lowest BCUT2D eigenvalue weighted by atomic mass is 9.71. The number of carbonyl (C=O) groups excluding carboxylic acids is 1. The maximum atomic E-state index is 14.3. The van der Waals surface area contributed by atoms with Crippen molar-refractivity contribution in [3.63, 3.8) is 0 Å². The Morgan fingerprint density at radius 2 is 1.51 bits per heavy atom. The Morgan fingerprint density at radius 3 is 2.19 bits per heavy atom. The molecule has 3 N–H and O–H groups in total. The van der Waals surface area contributed by atoms with Gasteiger partial charge >= 0.3 is 11.5 Å². The average molecular weight is 1190 g/mol. The van der Waals surface area contributed by atoms with Crippen molar-refractivity contribution in [2.75, 3.05) is 119 Å². The van der Waals surface area contributed by atoms with Crippen LogP contribution in [0.1, 0.15) is 65.4 Å². The molecule has 4 aliphatic rings. The number of ether oxygens (including phenoxy) is 1. The van der Waals surface area contributed by atoms with Crippen molar-refractivity contribution < 1.29 is 49.4 Å². The van der Waals surface area contributed by atoms with Crippen molar-refractivity contribution in [1.29, 1.82) is 0 Å². The van der Waals surface area contributed by atoms with Gasteiger partial charge in [0.2, 0.25) is 0 Å². The van der Waals surface area contributed by atoms with E-state index in [9.17, 15) is 44.7 Å². The molecule has 4 heterocycles. The van der Waals surface area contributed by atoms with Gasteiger partial charge in [0.05, 0.1) is 17.2 Å². The second-order valence-electron chi connectivity index (χ2n) is 21.3. The number of nitrogens with one attached hydrogen (secondary N) is 2. The summed E-state index contributed by atoms with van der Waals surface area (Å²) in [4.78, 5) is 35.1. The summed E-state index contributed by atoms with van der Waals surface area (Å²) < 4.78 is 104. The molecule has 3 saturated heterocycles. The number of amides is 1. The Morgan fingerprint density at radius 1 is 0.802 bits per heavy atom. The Kier molecular flexibility index (Phi) is 19.3. The Balaban J connectivity index is 0.827. The van der Waals surface area contributed by atoms with Gasteiger partial charge in [0.25, 0.3) is 25.8 Å². The van der Waals surface area contributed by atoms with Crippen LogP contribution in [-0.2, 0) is 24.6 Å². The lowest BCUT2D eigenvalue weighted by Gasteiger charge is -2.44. The van der Waals surface area contributed by atoms with Crippen LogP contribution in [0, 0.1) is 5.41 Å². The number of nitrogens with zero attached hydrogens (tertiary/aromatic N) is 7. The molecule has 1 aliphatic carbocycles. The van der Waals surface area contributed by atoms with Crippen LogP contribution < -0.4 is 19.8 Å². The van der Waals surface area contributed by atoms with Crippen LogP contribution in [0.15, 0.2) is 129 Å². The van der Waals surface area contributed by atoms with Crippen LogP contribution in [0.4, 0.5) is 30.4 Å². The molecule has 1 amide bonds. The number of carbonyl (C=O) groups is 2. The van der Waals surface area contributed by atoms with E-state index in [1.54, 1.807) is 18.2 Å². The van der Waals surface area contributed by atoms with E-state index in [4.69, 9.17) is 16.3 Å². The number of benzene rings is 4. The second kappa shape index (κ2) is 26.2. The molecule has 0 bridgehead atoms. The molecule has 5 aromatic rings. The van der Waals surface area contributed by atoms with Gasteiger partial charge in [-0.1, -0.05) is 54.4 Å². The largest absolute Gasteiger partial charge is 0.501 e. The first-order valence-corrected chi connectivity index (χ1v) is 31.4. The molecule has 3 aliphatic heterocycles. The summed E-state index contributed by atoms with van der Waals surface area (Å²) >= 11 is 7.77. The van der Waals surface area contributed by atoms with E-state index in [0.717, 1.165) is 107 Å². The smallest absolute Gasteiger partial charge is 0.476 e. The number of piperazine rings is 2. The molecule has 0 saturated carbocycles. The number of aromatic nitrogens is 2. The predicted molar refractivity (Wildman–Crippen MR) is 308 cm³/mol. The average Bonchev–Trinajstić information content (AvgIpc) is 3.84. The molecule has 434 valence electrons. The van der Waals surface area contributed by atoms with E-state index in [0.29, 0.717) is 68.5 Å². The normalized spacial score (nSPS) is 19.7. The van der Waals surface area contributed by atoms with Gasteiger partial charge in [0, 0.05) is 125 Å². The summed E-state index contributed by atoms with van der Waals surface area (Å²) in [6.45, 7) is 13.3. The van der Waals surface area contributed by atoms with Crippen LogP contribution in [0.3, 0.4) is 0 Å². The Bertz CT molecular complexity index is 3230. The maximum absolute atomic E-state index is 14.3. The summed E-state index contributed by atoms with van der Waals surface area (Å²) in [5.74, 6) is -1.13. The van der Waals surface area contributed by atoms with E-state index in [2.05, 4.69) is 59.1 Å². The van der Waals surface area contributed by atoms with Gasteiger partial charge in [-0.25, -0.2) is 26.4 Å². The van der Waals surface area contributed by atoms with Gasteiger partial charge < -0.3 is 29.9 Å². The van der Waals surface area contributed by atoms with Crippen molar-refractivity contribution in [1.82, 2.24) is 29.6 Å². The molecule has 0 spiro atoms. The minimum Gasteiger partial charge on any atom is -0.476 e. The van der Waals surface area contributed by atoms with Gasteiger partial charge in [0.1, 0.15) is 4.90 Å². The molecular formula is C57H67ClF3N9O8S3. The predicted octanol–water partition coefficient (Wildman–Crippen LogP) is 8.51. The van der Waals surface area contributed by atoms with Crippen LogP contribution >= 0.6 is 23.4 Å². The summed E-state index contributed by atoms with van der Waals surface area (Å²) in [5, 5.41) is 20.9. The van der Waals surface area contributed by atoms with Gasteiger partial charge in [-0.15, -0.1) is 22.0 Å². The summed E-state index contributed by atoms with van der Waals surface area (Å²) in [6.07, 6.45) is 4.12. The maximum Gasteiger partial charge on any atom is 0.501 e. The number of anilines is 3. The molecule has 1 aromatic heterocycles. The van der Waals surface area contributed by atoms with Crippen molar-refractivity contribution in [3.8, 4) is 0 Å². The molecule has 17 nitrogen and oxygen atoms in total. The highest BCUT2D eigenvalue weighted by Crippen LogP contribution is 2.44. The monoisotopic (exact) mass is 1190 g/mol. The van der Waals surface area contributed by atoms with Gasteiger partial charge in [0.15, 0.2) is 11.5 Å². The first-order chi connectivity index (χ1) is 38.7. The van der Waals surface area contributed by atoms with Crippen LogP contribution in [-0.4, -0.2) is 174 Å². The molecule has 0 radical (unpaired) electrons. The van der Waals surface area contributed by atoms with Crippen molar-refractivity contribution in [2.24, 2.45) is 5.41 Å². The third-order valence-corrected chi connectivity index (χ3v) is 19.7. The number of hydrogen-bond acceptors (Lipinski definition) is 16. The minimum absolute atomic E-state index is 0.0254. The van der Waals surface area contributed by atoms with E-state index < -0.39 is 58.8 Å². The molecule has 81 heavy (non-hydrogen) atoms. The fourth-order valence-electron chi connectivity index (χ4n) is 11.0. The van der Waals surface area contributed by atoms with Gasteiger partial charge in [-0.05, 0) is 128 Å². The van der Waals surface area contributed by atoms with E-state index in [-0.39, 0.29) is 16.7 Å². The van der Waals surface area contributed by atoms with E-state index in [1.807, 2.05) is 47.2 Å². The molecule has 2 atom stereocenters. The number of sulfonamides is 1. The van der Waals surface area contributed by atoms with Crippen LogP contribution in [0.5, 0.6) is 0 Å². The molecule has 9 rings (SSSR count). The second-order valence-corrected chi connectivity index (χ2v) is 26.5. The number of halogens is 4. The molecule has 3 fully saturated rings. The minimum atomic E-state index is -6.09. The first kappa shape index (κ1) is 59.8. The highest BCUT2D eigenvalue weighted by molar-refractivity contribution is 7.99. The first-order valence-electron chi connectivity index (χ1n) is 27.1. The number of alkyl halides is 3. The van der Waals surface area contributed by atoms with E-state index >= 15 is 0 Å². The lowest BCUT2D eigenvalue weighted by molar-refractivity contribution is -0.0436. The number of rotatable bonds is 20. The molecule has 24 heteroatoms. The SMILES string of the molecule is C[C@@]1(CN2CCN(c3ccc(C(=O)O)nn3)CC2)CCC(c2ccc(Cl)cc2)=C(CN2CCN(c3ccc(C(=O)NS(=O)(=O)c4ccc(NC(CCN5CCCOCC5)CSc5ccccc5)c(S(=O)(=O)C(F)(F)F)c4)cc3)CC2)C1. The van der Waals surface area contributed by atoms with Gasteiger partial charge in [-0.2, -0.15) is 13.2 Å². The topological polar surface area (TPSA) is 198 Å². The lowest BCUT2D eigenvalue weighted by Crippen LogP contribution is -2.50. The highest BCUT2D eigenvalue weighted by atomic mass is 35.5. The highest BCUT2D eigenvalue weighted by Gasteiger charge is 2.48. The standard InChI is InChI=1S/C57H67ClF3N9O8S3/c1-56(40-68-27-31-70(32-28-68)53-19-18-51(55(72)73)63-64-53)22-20-49(41-8-12-44(58)13-9-41)43(37-56)38-67-25-29-69(30-26-67)46-14-10-42(11-15-46)54(71)65-81(76,77)48-16-17-50(52(36-48)80(74,75)57(59,60)61)62-45(39-79-47-6-3-2-4-7-47)21-24-66-23-5-34-78-35-33-66/h2-4,6-19,36,45,62H,5,20-35,37-40H2,1H3,(H,65,71)(H,72,73)/t45?,56-/m1/s1.